The number of aliphatic hydroxyl groups is 2. The van der Waals surface area contributed by atoms with Crippen molar-refractivity contribution in [2.24, 2.45) is 39.4 Å². The summed E-state index contributed by atoms with van der Waals surface area (Å²) in [6.45, 7) is 15.9. The maximum atomic E-state index is 13.5. The molecule has 0 saturated heterocycles. The second-order valence-corrected chi connectivity index (χ2v) is 13.9. The van der Waals surface area contributed by atoms with Crippen LogP contribution in [0.5, 0.6) is 0 Å². The molecular formula is C30H44O5. The Morgan fingerprint density at radius 3 is 2.37 bits per heavy atom. The quantitative estimate of drug-likeness (QED) is 0.574. The van der Waals surface area contributed by atoms with Gasteiger partial charge in [0.15, 0.2) is 11.6 Å². The minimum absolute atomic E-state index is 0.000346. The molecule has 35 heavy (non-hydrogen) atoms. The monoisotopic (exact) mass is 484 g/mol. The van der Waals surface area contributed by atoms with E-state index in [1.54, 1.807) is 0 Å². The van der Waals surface area contributed by atoms with Crippen molar-refractivity contribution >= 4 is 17.3 Å². The molecule has 0 aromatic carbocycles. The molecule has 0 aliphatic heterocycles. The molecule has 2 N–H and O–H groups in total. The van der Waals surface area contributed by atoms with Gasteiger partial charge >= 0.3 is 0 Å². The van der Waals surface area contributed by atoms with Gasteiger partial charge in [0.05, 0.1) is 5.60 Å². The van der Waals surface area contributed by atoms with Crippen molar-refractivity contribution in [3.63, 3.8) is 0 Å². The maximum absolute atomic E-state index is 13.5. The number of carbonyl (C=O) groups is 3. The van der Waals surface area contributed by atoms with Crippen LogP contribution in [0.2, 0.25) is 0 Å². The first-order chi connectivity index (χ1) is 15.9. The van der Waals surface area contributed by atoms with Crippen LogP contribution in [0.25, 0.3) is 0 Å². The van der Waals surface area contributed by atoms with Crippen LogP contribution < -0.4 is 0 Å². The van der Waals surface area contributed by atoms with Crippen LogP contribution >= 0.6 is 0 Å². The van der Waals surface area contributed by atoms with Crippen molar-refractivity contribution < 1.29 is 24.6 Å². The van der Waals surface area contributed by atoms with E-state index < -0.39 is 17.5 Å². The molecule has 0 aromatic heterocycles. The van der Waals surface area contributed by atoms with Gasteiger partial charge < -0.3 is 10.2 Å². The van der Waals surface area contributed by atoms with Crippen molar-refractivity contribution in [1.29, 1.82) is 0 Å². The molecule has 5 nitrogen and oxygen atoms in total. The van der Waals surface area contributed by atoms with Crippen molar-refractivity contribution in [3.05, 3.63) is 23.3 Å². The van der Waals surface area contributed by atoms with Crippen LogP contribution in [0.15, 0.2) is 23.3 Å². The Labute approximate surface area is 210 Å². The number of ketones is 3. The van der Waals surface area contributed by atoms with E-state index in [1.165, 1.54) is 13.8 Å². The minimum Gasteiger partial charge on any atom is -0.387 e. The van der Waals surface area contributed by atoms with Gasteiger partial charge in [-0.2, -0.15) is 0 Å². The maximum Gasteiger partial charge on any atom is 0.164 e. The molecule has 4 aliphatic rings. The third kappa shape index (κ3) is 3.59. The molecule has 7 atom stereocenters. The molecule has 5 heteroatoms. The van der Waals surface area contributed by atoms with E-state index in [-0.39, 0.29) is 45.7 Å². The number of aliphatic hydroxyl groups excluding tert-OH is 1. The lowest BCUT2D eigenvalue weighted by atomic mass is 9.37. The second-order valence-electron chi connectivity index (χ2n) is 13.9. The minimum atomic E-state index is -1.52. The Morgan fingerprint density at radius 1 is 1.14 bits per heavy atom. The fraction of sp³-hybridized carbons (Fsp3) is 0.767. The Kier molecular flexibility index (Phi) is 6.01. The molecule has 2 fully saturated rings. The van der Waals surface area contributed by atoms with Crippen molar-refractivity contribution in [2.45, 2.75) is 106 Å². The van der Waals surface area contributed by atoms with Gasteiger partial charge in [0.25, 0.3) is 0 Å². The normalized spacial score (nSPS) is 40.2. The highest BCUT2D eigenvalue weighted by atomic mass is 16.3. The molecule has 0 bridgehead atoms. The highest BCUT2D eigenvalue weighted by molar-refractivity contribution is 6.02. The summed E-state index contributed by atoms with van der Waals surface area (Å²) in [4.78, 5) is 39.0. The fourth-order valence-electron chi connectivity index (χ4n) is 8.72. The van der Waals surface area contributed by atoms with Crippen molar-refractivity contribution in [3.8, 4) is 0 Å². The molecule has 194 valence electrons. The second kappa shape index (κ2) is 7.95. The topological polar surface area (TPSA) is 91.7 Å². The van der Waals surface area contributed by atoms with Gasteiger partial charge in [-0.3, -0.25) is 14.4 Å². The van der Waals surface area contributed by atoms with Crippen molar-refractivity contribution in [2.75, 3.05) is 0 Å². The molecule has 4 rings (SSSR count). The zero-order valence-corrected chi connectivity index (χ0v) is 22.8. The van der Waals surface area contributed by atoms with E-state index in [2.05, 4.69) is 46.8 Å². The van der Waals surface area contributed by atoms with Gasteiger partial charge in [-0.25, -0.2) is 0 Å². The Morgan fingerprint density at radius 2 is 1.77 bits per heavy atom. The smallest absolute Gasteiger partial charge is 0.164 e. The SMILES string of the molecule is C[C@H](CC(=O)[C@@H](O)C(C)(C)O)C1=C2C=C[C@H]3[C@@]4(C)CCC(=O)C(C)(C)[C@@H]4CC[C@]3(C)[C@@]2(C)CC1=O. The summed E-state index contributed by atoms with van der Waals surface area (Å²) >= 11 is 0. The van der Waals surface area contributed by atoms with Gasteiger partial charge in [0.1, 0.15) is 11.9 Å². The largest absolute Gasteiger partial charge is 0.387 e. The number of Topliss-reactive ketones (excluding diaryl/α,β-unsaturated/α-hetero) is 3. The Bertz CT molecular complexity index is 1030. The number of allylic oxidation sites excluding steroid dienone is 4. The van der Waals surface area contributed by atoms with Gasteiger partial charge in [-0.15, -0.1) is 0 Å². The first kappa shape index (κ1) is 26.5. The number of hydrogen-bond acceptors (Lipinski definition) is 5. The lowest BCUT2D eigenvalue weighted by Gasteiger charge is -2.66. The summed E-state index contributed by atoms with van der Waals surface area (Å²) in [7, 11) is 0. The van der Waals surface area contributed by atoms with Gasteiger partial charge in [-0.05, 0) is 67.3 Å². The summed E-state index contributed by atoms with van der Waals surface area (Å²) in [5, 5.41) is 20.3. The molecule has 2 saturated carbocycles. The number of rotatable bonds is 5. The number of carbonyl (C=O) groups excluding carboxylic acids is 3. The summed E-state index contributed by atoms with van der Waals surface area (Å²) in [6, 6.07) is 0. The number of fused-ring (bicyclic) bond motifs is 5. The van der Waals surface area contributed by atoms with Crippen molar-refractivity contribution in [1.82, 2.24) is 0 Å². The van der Waals surface area contributed by atoms with E-state index in [9.17, 15) is 24.6 Å². The molecule has 0 radical (unpaired) electrons. The van der Waals surface area contributed by atoms with Gasteiger partial charge in [-0.1, -0.05) is 53.7 Å². The Hall–Kier alpha value is -1.59. The average Bonchev–Trinajstić information content (AvgIpc) is 3.00. The molecule has 0 aromatic rings. The summed E-state index contributed by atoms with van der Waals surface area (Å²) in [5.41, 5.74) is -0.529. The zero-order valence-electron chi connectivity index (χ0n) is 22.8. The third-order valence-electron chi connectivity index (χ3n) is 11.0. The highest BCUT2D eigenvalue weighted by Gasteiger charge is 2.66. The molecule has 0 amide bonds. The van der Waals surface area contributed by atoms with E-state index in [1.807, 2.05) is 6.92 Å². The predicted octanol–water partition coefficient (Wildman–Crippen LogP) is 4.99. The average molecular weight is 485 g/mol. The van der Waals surface area contributed by atoms with E-state index in [0.29, 0.717) is 30.1 Å². The Balaban J connectivity index is 1.73. The van der Waals surface area contributed by atoms with E-state index in [4.69, 9.17) is 0 Å². The molecular weight excluding hydrogens is 440 g/mol. The molecule has 0 unspecified atom stereocenters. The standard InChI is InChI=1S/C30H44O5/c1-17(15-19(31)25(34)27(4,5)35)24-18-9-10-22-28(6)13-12-23(33)26(2,3)21(28)11-14-29(22,7)30(18,8)16-20(24)32/h9-10,17,21-22,25,34-35H,11-16H2,1-8H3/t17-,21+,22+,25-,28+,29+,30+/m1/s1. The fourth-order valence-corrected chi connectivity index (χ4v) is 8.72. The number of hydrogen-bond donors (Lipinski definition) is 2. The van der Waals surface area contributed by atoms with Gasteiger partial charge in [0.2, 0.25) is 0 Å². The first-order valence-electron chi connectivity index (χ1n) is 13.3. The molecule has 4 aliphatic carbocycles. The van der Waals surface area contributed by atoms with E-state index in [0.717, 1.165) is 24.8 Å². The highest BCUT2D eigenvalue weighted by Crippen LogP contribution is 2.72. The van der Waals surface area contributed by atoms with Crippen LogP contribution in [0.1, 0.15) is 93.9 Å². The van der Waals surface area contributed by atoms with Crippen LogP contribution in [0, 0.1) is 39.4 Å². The zero-order chi connectivity index (χ0) is 26.4. The summed E-state index contributed by atoms with van der Waals surface area (Å²) < 4.78 is 0. The van der Waals surface area contributed by atoms with Crippen LogP contribution in [-0.4, -0.2) is 39.3 Å². The molecule has 0 spiro atoms. The predicted molar refractivity (Wildman–Crippen MR) is 135 cm³/mol. The lowest BCUT2D eigenvalue weighted by molar-refractivity contribution is -0.165. The third-order valence-corrected chi connectivity index (χ3v) is 11.0. The first-order valence-corrected chi connectivity index (χ1v) is 13.3. The van der Waals surface area contributed by atoms with Crippen LogP contribution in [-0.2, 0) is 14.4 Å². The summed E-state index contributed by atoms with van der Waals surface area (Å²) in [5.74, 6) is 0.302. The summed E-state index contributed by atoms with van der Waals surface area (Å²) in [6.07, 6.45) is 6.90. The van der Waals surface area contributed by atoms with Gasteiger partial charge in [0, 0.05) is 35.7 Å². The van der Waals surface area contributed by atoms with Crippen LogP contribution in [0.4, 0.5) is 0 Å². The van der Waals surface area contributed by atoms with E-state index >= 15 is 0 Å². The van der Waals surface area contributed by atoms with Crippen LogP contribution in [0.3, 0.4) is 0 Å². The molecule has 0 heterocycles. The lowest BCUT2D eigenvalue weighted by Crippen LogP contribution is -2.61.